The van der Waals surface area contributed by atoms with Crippen molar-refractivity contribution in [1.29, 1.82) is 0 Å². The molecule has 0 bridgehead atoms. The predicted molar refractivity (Wildman–Crippen MR) is 72.4 cm³/mol. The molecule has 0 saturated carbocycles. The van der Waals surface area contributed by atoms with E-state index in [0.717, 1.165) is 6.42 Å². The summed E-state index contributed by atoms with van der Waals surface area (Å²) in [5.41, 5.74) is 2.59. The van der Waals surface area contributed by atoms with Gasteiger partial charge in [-0.25, -0.2) is 5.84 Å². The van der Waals surface area contributed by atoms with E-state index in [9.17, 15) is 4.79 Å². The second kappa shape index (κ2) is 7.01. The van der Waals surface area contributed by atoms with Crippen LogP contribution in [0.1, 0.15) is 30.8 Å². The number of hydrogen-bond acceptors (Lipinski definition) is 6. The van der Waals surface area contributed by atoms with Gasteiger partial charge in [0.2, 0.25) is 0 Å². The predicted octanol–water partition coefficient (Wildman–Crippen LogP) is 0.555. The molecule has 0 atom stereocenters. The van der Waals surface area contributed by atoms with Crippen molar-refractivity contribution < 1.29 is 9.53 Å². The lowest BCUT2D eigenvalue weighted by Gasteiger charge is -2.24. The number of hydrogen-bond donors (Lipinski definition) is 3. The number of nitrogens with one attached hydrogen (secondary N) is 2. The van der Waals surface area contributed by atoms with Crippen LogP contribution in [0, 0.1) is 5.41 Å². The maximum atomic E-state index is 11.9. The van der Waals surface area contributed by atoms with Gasteiger partial charge >= 0.3 is 0 Å². The molecular weight excluding hydrogens is 246 g/mol. The number of carbonyl (C=O) groups excluding carboxylic acids is 1. The summed E-state index contributed by atoms with van der Waals surface area (Å²) < 4.78 is 5.04. The van der Waals surface area contributed by atoms with Gasteiger partial charge in [-0.05, 0) is 24.0 Å². The Hall–Kier alpha value is -1.73. The summed E-state index contributed by atoms with van der Waals surface area (Å²) in [4.78, 5) is 11.9. The first-order valence-corrected chi connectivity index (χ1v) is 6.06. The number of ether oxygens (including phenoxy) is 1. The van der Waals surface area contributed by atoms with Gasteiger partial charge in [-0.3, -0.25) is 4.79 Å². The van der Waals surface area contributed by atoms with Crippen LogP contribution in [-0.2, 0) is 4.74 Å². The van der Waals surface area contributed by atoms with Gasteiger partial charge in [0.1, 0.15) is 0 Å². The van der Waals surface area contributed by atoms with Crippen LogP contribution in [0.25, 0.3) is 0 Å². The maximum Gasteiger partial charge on any atom is 0.271 e. The van der Waals surface area contributed by atoms with Crippen molar-refractivity contribution in [2.45, 2.75) is 20.3 Å². The van der Waals surface area contributed by atoms with Gasteiger partial charge in [-0.1, -0.05) is 13.8 Å². The summed E-state index contributed by atoms with van der Waals surface area (Å²) in [7, 11) is 1.66. The Labute approximate surface area is 112 Å². The Morgan fingerprint density at radius 3 is 2.68 bits per heavy atom. The average Bonchev–Trinajstić information content (AvgIpc) is 2.43. The molecule has 0 aliphatic rings. The first kappa shape index (κ1) is 15.3. The molecule has 1 amide bonds. The summed E-state index contributed by atoms with van der Waals surface area (Å²) in [6.45, 7) is 5.35. The molecule has 1 heterocycles. The van der Waals surface area contributed by atoms with Crippen LogP contribution >= 0.6 is 0 Å². The number of amides is 1. The highest BCUT2D eigenvalue weighted by atomic mass is 16.5. The van der Waals surface area contributed by atoms with Crippen molar-refractivity contribution in [1.82, 2.24) is 15.5 Å². The van der Waals surface area contributed by atoms with Gasteiger partial charge in [0.05, 0.1) is 0 Å². The normalized spacial score (nSPS) is 11.2. The van der Waals surface area contributed by atoms with E-state index in [1.165, 1.54) is 0 Å². The first-order valence-electron chi connectivity index (χ1n) is 6.06. The van der Waals surface area contributed by atoms with Gasteiger partial charge in [0, 0.05) is 20.3 Å². The highest BCUT2D eigenvalue weighted by Gasteiger charge is 2.19. The third-order valence-corrected chi connectivity index (χ3v) is 2.76. The molecule has 7 nitrogen and oxygen atoms in total. The van der Waals surface area contributed by atoms with Crippen molar-refractivity contribution in [3.8, 4) is 0 Å². The van der Waals surface area contributed by atoms with Crippen molar-refractivity contribution in [2.24, 2.45) is 11.3 Å². The molecule has 1 rings (SSSR count). The monoisotopic (exact) mass is 267 g/mol. The van der Waals surface area contributed by atoms with E-state index in [0.29, 0.717) is 19.0 Å². The summed E-state index contributed by atoms with van der Waals surface area (Å²) in [5, 5.41) is 10.4. The van der Waals surface area contributed by atoms with Gasteiger partial charge in [-0.2, -0.15) is 0 Å². The van der Waals surface area contributed by atoms with E-state index in [-0.39, 0.29) is 17.0 Å². The van der Waals surface area contributed by atoms with Crippen LogP contribution in [-0.4, -0.2) is 36.4 Å². The lowest BCUT2D eigenvalue weighted by atomic mass is 9.89. The highest BCUT2D eigenvalue weighted by molar-refractivity contribution is 5.92. The SMILES string of the molecule is COCCC(C)(C)CNC(=O)c1ccc(NN)nn1. The molecule has 0 aliphatic carbocycles. The number of methoxy groups -OCH3 is 1. The van der Waals surface area contributed by atoms with E-state index in [1.807, 2.05) is 0 Å². The minimum absolute atomic E-state index is 0.0299. The number of nitrogens with zero attached hydrogens (tertiary/aromatic N) is 2. The Kier molecular flexibility index (Phi) is 5.65. The number of nitrogens with two attached hydrogens (primary N) is 1. The zero-order chi connectivity index (χ0) is 14.3. The Morgan fingerprint density at radius 1 is 1.42 bits per heavy atom. The number of aromatic nitrogens is 2. The molecule has 7 heteroatoms. The third kappa shape index (κ3) is 5.19. The Balaban J connectivity index is 2.50. The fourth-order valence-corrected chi connectivity index (χ4v) is 1.41. The van der Waals surface area contributed by atoms with Crippen molar-refractivity contribution in [2.75, 3.05) is 25.7 Å². The van der Waals surface area contributed by atoms with Gasteiger partial charge in [0.15, 0.2) is 11.5 Å². The number of rotatable bonds is 7. The van der Waals surface area contributed by atoms with E-state index >= 15 is 0 Å². The van der Waals surface area contributed by atoms with Gasteiger partial charge in [-0.15, -0.1) is 10.2 Å². The van der Waals surface area contributed by atoms with Crippen LogP contribution in [0.4, 0.5) is 5.82 Å². The average molecular weight is 267 g/mol. The Bertz CT molecular complexity index is 405. The molecular formula is C12H21N5O2. The van der Waals surface area contributed by atoms with E-state index in [2.05, 4.69) is 34.8 Å². The molecule has 0 aromatic carbocycles. The van der Waals surface area contributed by atoms with Crippen LogP contribution in [0.3, 0.4) is 0 Å². The van der Waals surface area contributed by atoms with Crippen molar-refractivity contribution in [3.05, 3.63) is 17.8 Å². The lowest BCUT2D eigenvalue weighted by Crippen LogP contribution is -2.35. The molecule has 0 fully saturated rings. The zero-order valence-corrected chi connectivity index (χ0v) is 11.6. The molecule has 0 unspecified atom stereocenters. The molecule has 1 aromatic rings. The number of nitrogen functional groups attached to an aromatic ring is 1. The van der Waals surface area contributed by atoms with E-state index in [4.69, 9.17) is 10.6 Å². The first-order chi connectivity index (χ1) is 8.98. The molecule has 4 N–H and O–H groups in total. The molecule has 0 saturated heterocycles. The topological polar surface area (TPSA) is 102 Å². The van der Waals surface area contributed by atoms with Crippen molar-refractivity contribution >= 4 is 11.7 Å². The summed E-state index contributed by atoms with van der Waals surface area (Å²) in [5.74, 6) is 5.34. The standard InChI is InChI=1S/C12H21N5O2/c1-12(2,6-7-19-3)8-14-11(18)9-4-5-10(15-13)17-16-9/h4-5H,6-8,13H2,1-3H3,(H,14,18)(H,15,17). The van der Waals surface area contributed by atoms with Gasteiger partial charge in [0.25, 0.3) is 5.91 Å². The van der Waals surface area contributed by atoms with Gasteiger partial charge < -0.3 is 15.5 Å². The molecule has 106 valence electrons. The number of hydrazine groups is 1. The Morgan fingerprint density at radius 2 is 2.16 bits per heavy atom. The molecule has 0 spiro atoms. The summed E-state index contributed by atoms with van der Waals surface area (Å²) >= 11 is 0. The molecule has 1 aromatic heterocycles. The maximum absolute atomic E-state index is 11.9. The molecule has 0 radical (unpaired) electrons. The smallest absolute Gasteiger partial charge is 0.271 e. The highest BCUT2D eigenvalue weighted by Crippen LogP contribution is 2.18. The summed E-state index contributed by atoms with van der Waals surface area (Å²) in [6, 6.07) is 3.16. The van der Waals surface area contributed by atoms with Crippen LogP contribution < -0.4 is 16.6 Å². The van der Waals surface area contributed by atoms with Crippen LogP contribution in [0.15, 0.2) is 12.1 Å². The third-order valence-electron chi connectivity index (χ3n) is 2.76. The fraction of sp³-hybridized carbons (Fsp3) is 0.583. The summed E-state index contributed by atoms with van der Waals surface area (Å²) in [6.07, 6.45) is 0.867. The minimum Gasteiger partial charge on any atom is -0.385 e. The lowest BCUT2D eigenvalue weighted by molar-refractivity contribution is 0.0915. The fourth-order valence-electron chi connectivity index (χ4n) is 1.41. The quantitative estimate of drug-likeness (QED) is 0.492. The zero-order valence-electron chi connectivity index (χ0n) is 11.6. The number of anilines is 1. The minimum atomic E-state index is -0.249. The molecule has 19 heavy (non-hydrogen) atoms. The van der Waals surface area contributed by atoms with E-state index < -0.39 is 0 Å². The second-order valence-corrected chi connectivity index (χ2v) is 5.04. The van der Waals surface area contributed by atoms with E-state index in [1.54, 1.807) is 19.2 Å². The second-order valence-electron chi connectivity index (χ2n) is 5.04. The number of carbonyl (C=O) groups is 1. The van der Waals surface area contributed by atoms with Crippen LogP contribution in [0.2, 0.25) is 0 Å². The molecule has 0 aliphatic heterocycles. The van der Waals surface area contributed by atoms with Crippen LogP contribution in [0.5, 0.6) is 0 Å². The van der Waals surface area contributed by atoms with Crippen molar-refractivity contribution in [3.63, 3.8) is 0 Å². The largest absolute Gasteiger partial charge is 0.385 e.